The highest BCUT2D eigenvalue weighted by Crippen LogP contribution is 2.47. The molecule has 2 aromatic heterocycles. The van der Waals surface area contributed by atoms with E-state index < -0.39 is 89.8 Å². The van der Waals surface area contributed by atoms with Crippen molar-refractivity contribution in [3.05, 3.63) is 131 Å². The third-order valence-electron chi connectivity index (χ3n) is 15.8. The number of nitrogens with two attached hydrogens (primary N) is 2. The number of nitrogens with one attached hydrogen (secondary N) is 6. The maximum absolute atomic E-state index is 14.7. The van der Waals surface area contributed by atoms with Crippen LogP contribution in [0.3, 0.4) is 0 Å². The Morgan fingerprint density at radius 1 is 0.842 bits per heavy atom. The number of imide groups is 1. The number of rotatable bonds is 29. The molecule has 2 aliphatic rings. The molecule has 4 heterocycles. The molecular weight excluding hydrogens is 1250 g/mol. The van der Waals surface area contributed by atoms with Gasteiger partial charge in [0.1, 0.15) is 54.4 Å². The van der Waals surface area contributed by atoms with Gasteiger partial charge in [-0.3, -0.25) is 38.5 Å². The predicted octanol–water partition coefficient (Wildman–Crippen LogP) is 6.16. The largest absolute Gasteiger partial charge is 0.508 e. The van der Waals surface area contributed by atoms with E-state index in [2.05, 4.69) is 36.6 Å². The van der Waals surface area contributed by atoms with Gasteiger partial charge in [-0.15, -0.1) is 11.6 Å². The Morgan fingerprint density at radius 3 is 2.25 bits per heavy atom. The Hall–Kier alpha value is -10.8. The molecule has 0 spiro atoms. The molecule has 12 N–H and O–H groups in total. The molecule has 0 radical (unpaired) electrons. The molecule has 95 heavy (non-hydrogen) atoms. The molecule has 30 heteroatoms. The number of nitrogens with zero attached hydrogens (tertiary/aromatic N) is 5. The van der Waals surface area contributed by atoms with Crippen molar-refractivity contribution in [1.29, 1.82) is 0 Å². The number of hydrogen-bond acceptors (Lipinski definition) is 17. The van der Waals surface area contributed by atoms with Crippen molar-refractivity contribution >= 4 is 116 Å². The maximum Gasteiger partial charge on any atom is 0.415 e. The molecular formula is C65H74ClN13O16. The van der Waals surface area contributed by atoms with E-state index in [9.17, 15) is 63.0 Å². The molecule has 29 nitrogen and oxygen atoms in total. The number of H-pyrrole nitrogens is 1. The van der Waals surface area contributed by atoms with E-state index in [0.29, 0.717) is 51.6 Å². The van der Waals surface area contributed by atoms with Gasteiger partial charge in [0.2, 0.25) is 11.8 Å². The van der Waals surface area contributed by atoms with Gasteiger partial charge in [-0.1, -0.05) is 44.2 Å². The highest BCUT2D eigenvalue weighted by molar-refractivity contribution is 6.20. The van der Waals surface area contributed by atoms with E-state index in [1.165, 1.54) is 47.3 Å². The van der Waals surface area contributed by atoms with Gasteiger partial charge in [0.05, 0.1) is 23.9 Å². The number of fused-ring (bicyclic) bond motifs is 4. The first-order valence-corrected chi connectivity index (χ1v) is 31.0. The van der Waals surface area contributed by atoms with Gasteiger partial charge in [-0.25, -0.2) is 24.2 Å². The Morgan fingerprint density at radius 2 is 1.57 bits per heavy atom. The van der Waals surface area contributed by atoms with Gasteiger partial charge in [0.25, 0.3) is 23.6 Å². The van der Waals surface area contributed by atoms with Crippen LogP contribution in [0.4, 0.5) is 36.4 Å². The third-order valence-corrected chi connectivity index (χ3v) is 16.2. The fourth-order valence-electron chi connectivity index (χ4n) is 10.7. The summed E-state index contributed by atoms with van der Waals surface area (Å²) in [4.78, 5) is 155. The van der Waals surface area contributed by atoms with Crippen molar-refractivity contribution in [2.45, 2.75) is 83.5 Å². The summed E-state index contributed by atoms with van der Waals surface area (Å²) < 4.78 is 17.0. The second-order valence-corrected chi connectivity index (χ2v) is 23.3. The predicted molar refractivity (Wildman–Crippen MR) is 349 cm³/mol. The second kappa shape index (κ2) is 32.2. The number of carboxylic acid groups (broad SMARTS) is 1. The van der Waals surface area contributed by atoms with Crippen molar-refractivity contribution in [2.24, 2.45) is 17.4 Å². The molecule has 0 aliphatic carbocycles. The number of alkyl halides is 1. The Bertz CT molecular complexity index is 3900. The fourth-order valence-corrected chi connectivity index (χ4v) is 10.9. The van der Waals surface area contributed by atoms with Crippen molar-refractivity contribution in [1.82, 2.24) is 40.6 Å². The number of anilines is 3. The number of unbranched alkanes of at least 4 members (excludes halogenated alkanes) is 1. The van der Waals surface area contributed by atoms with Crippen LogP contribution in [0.1, 0.15) is 89.4 Å². The third kappa shape index (κ3) is 18.3. The number of carboxylic acids is 1. The van der Waals surface area contributed by atoms with Crippen LogP contribution >= 0.6 is 11.6 Å². The lowest BCUT2D eigenvalue weighted by Crippen LogP contribution is -2.54. The normalized spacial score (nSPS) is 14.2. The number of pyridine rings is 1. The molecule has 0 saturated heterocycles. The van der Waals surface area contributed by atoms with E-state index in [-0.39, 0.29) is 107 Å². The molecule has 8 rings (SSSR count). The number of aryl methyl sites for hydroxylation is 1. The SMILES string of the molecule is Cc1cccc2c(OC(=O)N(CCCC[C@H](N)C(=O)O)CCN(C)C(=O)OCc3ccc(NC(=O)[C@H](CCCNC(N)=O)NC(=O)[C@@H](NC(=O)OCCN4C(=O)C=CC4=O)C(C)C)cc3)cc3c(c12)[C@H](CCl)CN3C(=O)c1cc2cc(NC(=O)c3ccc(O)cc3)ncc2[nH]1. The lowest BCUT2D eigenvalue weighted by molar-refractivity contribution is -0.139. The van der Waals surface area contributed by atoms with Gasteiger partial charge >= 0.3 is 30.3 Å². The number of urea groups is 1. The number of aromatic hydroxyl groups is 1. The van der Waals surface area contributed by atoms with Gasteiger partial charge in [0, 0.05) is 91.8 Å². The zero-order valence-electron chi connectivity index (χ0n) is 52.5. The number of aromatic amines is 1. The lowest BCUT2D eigenvalue weighted by atomic mass is 9.92. The molecule has 6 aromatic rings. The standard InChI is InChI=1S/C65H74ClN13O16/c1-36(2)56(75-63(90)93-28-27-78-52(81)21-22-53(78)82)59(85)73-46(12-8-23-69-62(68)89)58(84)71-42-17-13-38(14-18-42)35-94-64(91)76(4)25-26-77(24-6-5-11-45(67)61(87)88)65(92)95-50-31-49-55(54-37(3)9-7-10-44(50)54)41(32-66)34-79(49)60(86)47-29-40-30-51(70-33-48(40)72-47)74-57(83)39-15-19-43(80)20-16-39/h7,9-10,13-22,29-31,33,36,41,45-46,56,72,80H,5-6,8,11-12,23-28,32,34-35,67H2,1-4H3,(H,71,84)(H,73,85)(H,75,90)(H,87,88)(H3,68,69,89)(H,70,74,83)/t41-,45+,46+,56+/m1/s1. The molecule has 0 bridgehead atoms. The van der Waals surface area contributed by atoms with E-state index in [4.69, 9.17) is 37.3 Å². The van der Waals surface area contributed by atoms with Gasteiger partial charge in [-0.05, 0) is 116 Å². The molecule has 0 unspecified atom stereocenters. The number of hydrogen-bond donors (Lipinski definition) is 10. The van der Waals surface area contributed by atoms with Crippen molar-refractivity contribution < 1.29 is 77.2 Å². The number of carbonyl (C=O) groups excluding carboxylic acids is 10. The number of primary amides is 1. The van der Waals surface area contributed by atoms with Crippen molar-refractivity contribution in [3.8, 4) is 11.5 Å². The number of alkyl carbamates (subject to hydrolysis) is 1. The Kier molecular flexibility index (Phi) is 23.7. The number of halogens is 1. The number of aliphatic carboxylic acids is 1. The number of likely N-dealkylation sites (N-methyl/N-ethyl adjacent to an activating group) is 1. The summed E-state index contributed by atoms with van der Waals surface area (Å²) in [5, 5.41) is 34.0. The van der Waals surface area contributed by atoms with Gasteiger partial charge < -0.3 is 82.2 Å². The first kappa shape index (κ1) is 70.1. The monoisotopic (exact) mass is 1330 g/mol. The van der Waals surface area contributed by atoms with Crippen LogP contribution in [0.5, 0.6) is 11.5 Å². The van der Waals surface area contributed by atoms with Crippen LogP contribution < -0.4 is 47.7 Å². The molecule has 4 atom stereocenters. The summed E-state index contributed by atoms with van der Waals surface area (Å²) in [6.45, 7) is 4.63. The first-order chi connectivity index (χ1) is 45.4. The Balaban J connectivity index is 0.906. The molecule has 2 aliphatic heterocycles. The number of benzene rings is 4. The number of phenolic OH excluding ortho intramolecular Hbond substituents is 1. The zero-order valence-corrected chi connectivity index (χ0v) is 53.2. The minimum atomic E-state index is -1.19. The fraction of sp³-hybridized carbons (Fsp3) is 0.354. The highest BCUT2D eigenvalue weighted by atomic mass is 35.5. The quantitative estimate of drug-likeness (QED) is 0.0143. The topological polar surface area (TPSA) is 410 Å². The number of amides is 11. The van der Waals surface area contributed by atoms with Crippen LogP contribution in [0.2, 0.25) is 0 Å². The number of ether oxygens (including phenoxy) is 3. The lowest BCUT2D eigenvalue weighted by Gasteiger charge is -2.26. The van der Waals surface area contributed by atoms with Crippen LogP contribution in [0, 0.1) is 12.8 Å². The maximum atomic E-state index is 14.7. The minimum Gasteiger partial charge on any atom is -0.508 e. The number of carbonyl (C=O) groups is 11. The number of aromatic nitrogens is 2. The molecule has 4 aromatic carbocycles. The van der Waals surface area contributed by atoms with Crippen LogP contribution in [0.15, 0.2) is 103 Å². The summed E-state index contributed by atoms with van der Waals surface area (Å²) in [5.74, 6) is -4.88. The summed E-state index contributed by atoms with van der Waals surface area (Å²) in [5.41, 5.74) is 14.9. The van der Waals surface area contributed by atoms with E-state index in [1.807, 2.05) is 19.1 Å². The molecule has 11 amide bonds. The summed E-state index contributed by atoms with van der Waals surface area (Å²) in [6, 6.07) is 18.1. The summed E-state index contributed by atoms with van der Waals surface area (Å²) in [7, 11) is 1.47. The van der Waals surface area contributed by atoms with E-state index in [0.717, 1.165) is 33.6 Å². The highest BCUT2D eigenvalue weighted by Gasteiger charge is 2.37. The summed E-state index contributed by atoms with van der Waals surface area (Å²) >= 11 is 6.66. The number of phenols is 1. The molecule has 502 valence electrons. The molecule has 0 saturated carbocycles. The zero-order chi connectivity index (χ0) is 68.6. The first-order valence-electron chi connectivity index (χ1n) is 30.5. The van der Waals surface area contributed by atoms with Crippen LogP contribution in [-0.2, 0) is 40.1 Å². The molecule has 0 fully saturated rings. The van der Waals surface area contributed by atoms with Gasteiger partial charge in [0.15, 0.2) is 0 Å². The Labute approximate surface area is 549 Å². The van der Waals surface area contributed by atoms with Crippen molar-refractivity contribution in [2.75, 3.05) is 74.3 Å². The van der Waals surface area contributed by atoms with Crippen molar-refractivity contribution in [3.63, 3.8) is 0 Å². The van der Waals surface area contributed by atoms with E-state index >= 15 is 0 Å². The minimum absolute atomic E-state index is 0.00579. The summed E-state index contributed by atoms with van der Waals surface area (Å²) in [6.07, 6.45) is 2.08. The van der Waals surface area contributed by atoms with E-state index in [1.54, 1.807) is 67.3 Å². The average molecular weight is 1330 g/mol. The second-order valence-electron chi connectivity index (χ2n) is 23.0. The average Bonchev–Trinajstić information content (AvgIpc) is 1.63. The van der Waals surface area contributed by atoms with Crippen LogP contribution in [-0.4, -0.2) is 178 Å². The van der Waals surface area contributed by atoms with Crippen LogP contribution in [0.25, 0.3) is 21.7 Å². The van der Waals surface area contributed by atoms with Gasteiger partial charge in [-0.2, -0.15) is 0 Å². The smallest absolute Gasteiger partial charge is 0.415 e.